The van der Waals surface area contributed by atoms with E-state index in [0.29, 0.717) is 35.5 Å². The van der Waals surface area contributed by atoms with Crippen LogP contribution in [0.5, 0.6) is 0 Å². The Bertz CT molecular complexity index is 1970. The van der Waals surface area contributed by atoms with Crippen LogP contribution in [-0.2, 0) is 26.7 Å². The molecule has 8 heteroatoms. The van der Waals surface area contributed by atoms with Crippen molar-refractivity contribution in [2.45, 2.75) is 33.5 Å². The number of para-hydroxylation sites is 1. The van der Waals surface area contributed by atoms with Crippen LogP contribution in [0.2, 0.25) is 0 Å². The Morgan fingerprint density at radius 2 is 1.65 bits per heavy atom. The van der Waals surface area contributed by atoms with Crippen LogP contribution >= 0.6 is 0 Å². The first-order valence-electron chi connectivity index (χ1n) is 13.5. The van der Waals surface area contributed by atoms with Gasteiger partial charge in [0.05, 0.1) is 12.2 Å². The van der Waals surface area contributed by atoms with Crippen LogP contribution < -0.4 is 17.0 Å². The summed E-state index contributed by atoms with van der Waals surface area (Å²) in [4.78, 5) is 26.8. The highest BCUT2D eigenvalue weighted by Gasteiger charge is 2.23. The largest absolute Gasteiger partial charge is 0.399 e. The molecular formula is C32H32N6O2. The van der Waals surface area contributed by atoms with Gasteiger partial charge in [0.15, 0.2) is 5.65 Å². The molecule has 0 fully saturated rings. The van der Waals surface area contributed by atoms with E-state index in [4.69, 9.17) is 10.8 Å². The van der Waals surface area contributed by atoms with Crippen LogP contribution in [0.25, 0.3) is 33.2 Å². The van der Waals surface area contributed by atoms with Crippen molar-refractivity contribution in [3.8, 4) is 11.3 Å². The first-order chi connectivity index (χ1) is 19.3. The fraction of sp³-hybridized carbons (Fsp3) is 0.219. The summed E-state index contributed by atoms with van der Waals surface area (Å²) >= 11 is 0. The molecule has 0 saturated heterocycles. The fourth-order valence-electron chi connectivity index (χ4n) is 5.51. The summed E-state index contributed by atoms with van der Waals surface area (Å²) in [6, 6.07) is 26.1. The monoisotopic (exact) mass is 532 g/mol. The number of hydrogen-bond acceptors (Lipinski definition) is 4. The maximum atomic E-state index is 13.6. The Balaban J connectivity index is 1.59. The smallest absolute Gasteiger partial charge is 0.332 e. The minimum absolute atomic E-state index is 0.190. The minimum Gasteiger partial charge on any atom is -0.399 e. The Labute approximate surface area is 231 Å². The van der Waals surface area contributed by atoms with E-state index < -0.39 is 0 Å². The van der Waals surface area contributed by atoms with Crippen molar-refractivity contribution in [2.75, 3.05) is 5.73 Å². The molecule has 40 heavy (non-hydrogen) atoms. The Morgan fingerprint density at radius 3 is 2.40 bits per heavy atom. The molecular weight excluding hydrogens is 500 g/mol. The van der Waals surface area contributed by atoms with Crippen molar-refractivity contribution < 1.29 is 0 Å². The maximum absolute atomic E-state index is 13.6. The van der Waals surface area contributed by atoms with Gasteiger partial charge in [-0.15, -0.1) is 0 Å². The van der Waals surface area contributed by atoms with Crippen molar-refractivity contribution in [3.63, 3.8) is 0 Å². The molecule has 0 saturated carbocycles. The second-order valence-corrected chi connectivity index (χ2v) is 10.8. The fourth-order valence-corrected chi connectivity index (χ4v) is 5.51. The Morgan fingerprint density at radius 1 is 0.900 bits per heavy atom. The SMILES string of the molecule is CC(C)Cn1c(=O)n(C)c(=O)c2c(-c3cccc(N)c3)n(Cc3cn(Cc4ccccc4)c4ccccc34)nc21. The zero-order valence-electron chi connectivity index (χ0n) is 22.9. The lowest BCUT2D eigenvalue weighted by Crippen LogP contribution is -2.38. The molecule has 0 radical (unpaired) electrons. The third-order valence-electron chi connectivity index (χ3n) is 7.32. The van der Waals surface area contributed by atoms with E-state index in [-0.39, 0.29) is 17.2 Å². The third kappa shape index (κ3) is 4.41. The number of anilines is 1. The van der Waals surface area contributed by atoms with Gasteiger partial charge < -0.3 is 10.3 Å². The molecule has 3 aromatic carbocycles. The summed E-state index contributed by atoms with van der Waals surface area (Å²) in [5, 5.41) is 6.48. The van der Waals surface area contributed by atoms with Gasteiger partial charge in [-0.1, -0.05) is 74.5 Å². The van der Waals surface area contributed by atoms with Crippen LogP contribution in [0.3, 0.4) is 0 Å². The molecule has 6 aromatic rings. The van der Waals surface area contributed by atoms with Gasteiger partial charge in [0.1, 0.15) is 5.39 Å². The summed E-state index contributed by atoms with van der Waals surface area (Å²) in [7, 11) is 1.53. The molecule has 8 nitrogen and oxygen atoms in total. The molecule has 0 atom stereocenters. The van der Waals surface area contributed by atoms with Crippen molar-refractivity contribution in [2.24, 2.45) is 13.0 Å². The van der Waals surface area contributed by atoms with E-state index in [9.17, 15) is 9.59 Å². The van der Waals surface area contributed by atoms with Crippen LogP contribution in [-0.4, -0.2) is 23.5 Å². The zero-order valence-corrected chi connectivity index (χ0v) is 22.9. The number of benzene rings is 3. The molecule has 3 aromatic heterocycles. The topological polar surface area (TPSA) is 92.8 Å². The molecule has 3 heterocycles. The molecule has 0 aliphatic rings. The van der Waals surface area contributed by atoms with E-state index in [1.807, 2.05) is 73.1 Å². The average molecular weight is 533 g/mol. The molecule has 0 bridgehead atoms. The highest BCUT2D eigenvalue weighted by molar-refractivity contribution is 5.92. The quantitative estimate of drug-likeness (QED) is 0.298. The number of aromatic nitrogens is 5. The number of fused-ring (bicyclic) bond motifs is 2. The molecule has 0 aliphatic heterocycles. The van der Waals surface area contributed by atoms with Crippen LogP contribution in [0.1, 0.15) is 25.0 Å². The second-order valence-electron chi connectivity index (χ2n) is 10.8. The van der Waals surface area contributed by atoms with E-state index in [0.717, 1.165) is 28.6 Å². The summed E-state index contributed by atoms with van der Waals surface area (Å²) in [5.41, 5.74) is 11.3. The minimum atomic E-state index is -0.366. The van der Waals surface area contributed by atoms with Crippen LogP contribution in [0.15, 0.2) is 94.6 Å². The molecule has 2 N–H and O–H groups in total. The van der Waals surface area contributed by atoms with E-state index in [2.05, 4.69) is 35.0 Å². The number of nitrogen functional groups attached to an aromatic ring is 1. The van der Waals surface area contributed by atoms with Gasteiger partial charge in [0.2, 0.25) is 0 Å². The molecule has 0 aliphatic carbocycles. The molecule has 0 spiro atoms. The average Bonchev–Trinajstić information content (AvgIpc) is 3.49. The van der Waals surface area contributed by atoms with Crippen LogP contribution in [0.4, 0.5) is 5.69 Å². The van der Waals surface area contributed by atoms with Crippen LogP contribution in [0, 0.1) is 5.92 Å². The van der Waals surface area contributed by atoms with Gasteiger partial charge in [-0.3, -0.25) is 18.6 Å². The normalized spacial score (nSPS) is 11.7. The number of hydrogen-bond donors (Lipinski definition) is 1. The van der Waals surface area contributed by atoms with Gasteiger partial charge in [0, 0.05) is 48.5 Å². The van der Waals surface area contributed by atoms with Crippen molar-refractivity contribution >= 4 is 27.6 Å². The lowest BCUT2D eigenvalue weighted by atomic mass is 10.1. The van der Waals surface area contributed by atoms with Gasteiger partial charge in [-0.2, -0.15) is 5.10 Å². The Kier molecular flexibility index (Phi) is 6.38. The number of nitrogens with two attached hydrogens (primary N) is 1. The summed E-state index contributed by atoms with van der Waals surface area (Å²) in [6.07, 6.45) is 2.16. The third-order valence-corrected chi connectivity index (χ3v) is 7.32. The lowest BCUT2D eigenvalue weighted by molar-refractivity contribution is 0.498. The van der Waals surface area contributed by atoms with Crippen molar-refractivity contribution in [1.82, 2.24) is 23.5 Å². The van der Waals surface area contributed by atoms with Gasteiger partial charge in [-0.05, 0) is 35.2 Å². The van der Waals surface area contributed by atoms with E-state index in [1.54, 1.807) is 4.57 Å². The summed E-state index contributed by atoms with van der Waals surface area (Å²) in [5.74, 6) is 0.190. The number of nitrogens with zero attached hydrogens (tertiary/aromatic N) is 5. The molecule has 0 unspecified atom stereocenters. The van der Waals surface area contributed by atoms with Crippen molar-refractivity contribution in [3.05, 3.63) is 117 Å². The lowest BCUT2D eigenvalue weighted by Gasteiger charge is -2.11. The highest BCUT2D eigenvalue weighted by Crippen LogP contribution is 2.30. The molecule has 202 valence electrons. The maximum Gasteiger partial charge on any atom is 0.332 e. The first kappa shape index (κ1) is 25.4. The van der Waals surface area contributed by atoms with Crippen molar-refractivity contribution in [1.29, 1.82) is 0 Å². The summed E-state index contributed by atoms with van der Waals surface area (Å²) in [6.45, 7) is 5.69. The standard InChI is InChI=1S/C32H32N6O2/c1-21(2)17-37-30-28(31(39)35(3)32(37)40)29(23-12-9-13-25(33)16-23)38(34-30)20-24-19-36(18-22-10-5-4-6-11-22)27-15-8-7-14-26(24)27/h4-16,19,21H,17-18,20,33H2,1-3H3. The highest BCUT2D eigenvalue weighted by atomic mass is 16.2. The first-order valence-corrected chi connectivity index (χ1v) is 13.5. The predicted octanol–water partition coefficient (Wildman–Crippen LogP) is 4.85. The summed E-state index contributed by atoms with van der Waals surface area (Å²) < 4.78 is 6.90. The number of rotatable bonds is 7. The predicted molar refractivity (Wildman–Crippen MR) is 161 cm³/mol. The second kappa shape index (κ2) is 10.0. The Hall–Kier alpha value is -4.85. The molecule has 6 rings (SSSR count). The van der Waals surface area contributed by atoms with Gasteiger partial charge in [-0.25, -0.2) is 4.79 Å². The van der Waals surface area contributed by atoms with E-state index >= 15 is 0 Å². The zero-order chi connectivity index (χ0) is 28.0. The van der Waals surface area contributed by atoms with Gasteiger partial charge >= 0.3 is 5.69 Å². The molecule has 0 amide bonds. The van der Waals surface area contributed by atoms with E-state index in [1.165, 1.54) is 17.2 Å². The van der Waals surface area contributed by atoms with Gasteiger partial charge in [0.25, 0.3) is 5.56 Å².